The minimum atomic E-state index is -0.773. The summed E-state index contributed by atoms with van der Waals surface area (Å²) in [6.45, 7) is 6.71. The van der Waals surface area contributed by atoms with E-state index in [1.54, 1.807) is 0 Å². The van der Waals surface area contributed by atoms with E-state index < -0.39 is 6.10 Å². The average molecular weight is 1100 g/mol. The summed E-state index contributed by atoms with van der Waals surface area (Å²) >= 11 is 0. The van der Waals surface area contributed by atoms with Crippen molar-refractivity contribution >= 4 is 17.9 Å². The van der Waals surface area contributed by atoms with Gasteiger partial charge in [-0.2, -0.15) is 0 Å². The lowest BCUT2D eigenvalue weighted by Gasteiger charge is -2.18. The first-order chi connectivity index (χ1) is 38.5. The van der Waals surface area contributed by atoms with Gasteiger partial charge >= 0.3 is 17.9 Å². The molecule has 0 aromatic carbocycles. The minimum absolute atomic E-state index is 0.0688. The number of esters is 3. The van der Waals surface area contributed by atoms with Crippen LogP contribution in [-0.2, 0) is 28.6 Å². The molecule has 78 heavy (non-hydrogen) atoms. The molecule has 460 valence electrons. The van der Waals surface area contributed by atoms with E-state index in [2.05, 4.69) is 45.1 Å². The summed E-state index contributed by atoms with van der Waals surface area (Å²) in [7, 11) is 0. The fourth-order valence-electron chi connectivity index (χ4n) is 10.8. The third-order valence-electron chi connectivity index (χ3n) is 16.2. The molecule has 0 fully saturated rings. The van der Waals surface area contributed by atoms with E-state index in [0.717, 1.165) is 64.2 Å². The van der Waals surface area contributed by atoms with Gasteiger partial charge in [0, 0.05) is 19.3 Å². The highest BCUT2D eigenvalue weighted by Crippen LogP contribution is 2.18. The fraction of sp³-hybridized carbons (Fsp3) is 0.903. The van der Waals surface area contributed by atoms with Crippen molar-refractivity contribution < 1.29 is 28.6 Å². The topological polar surface area (TPSA) is 78.9 Å². The molecule has 0 bridgehead atoms. The van der Waals surface area contributed by atoms with Crippen LogP contribution in [0.5, 0.6) is 0 Å². The van der Waals surface area contributed by atoms with Gasteiger partial charge in [-0.05, 0) is 70.6 Å². The smallest absolute Gasteiger partial charge is 0.306 e. The summed E-state index contributed by atoms with van der Waals surface area (Å²) < 4.78 is 17.0. The third kappa shape index (κ3) is 64.7. The quantitative estimate of drug-likeness (QED) is 0.0261. The van der Waals surface area contributed by atoms with Crippen LogP contribution in [0.15, 0.2) is 24.3 Å². The summed E-state index contributed by atoms with van der Waals surface area (Å²) in [5.41, 5.74) is 0. The Morgan fingerprint density at radius 2 is 0.423 bits per heavy atom. The Kier molecular flexibility index (Phi) is 65.6. The minimum Gasteiger partial charge on any atom is -0.462 e. The van der Waals surface area contributed by atoms with Crippen molar-refractivity contribution in [3.63, 3.8) is 0 Å². The van der Waals surface area contributed by atoms with Crippen molar-refractivity contribution in [2.45, 2.75) is 406 Å². The summed E-state index contributed by atoms with van der Waals surface area (Å²) in [6.07, 6.45) is 82.0. The highest BCUT2D eigenvalue weighted by atomic mass is 16.6. The first kappa shape index (κ1) is 75.9. The lowest BCUT2D eigenvalue weighted by atomic mass is 10.0. The molecule has 0 aromatic rings. The van der Waals surface area contributed by atoms with Crippen molar-refractivity contribution in [3.8, 4) is 0 Å². The molecule has 0 rings (SSSR count). The number of hydrogen-bond donors (Lipinski definition) is 0. The van der Waals surface area contributed by atoms with Gasteiger partial charge in [0.05, 0.1) is 0 Å². The van der Waals surface area contributed by atoms with Crippen molar-refractivity contribution in [3.05, 3.63) is 24.3 Å². The van der Waals surface area contributed by atoms with Gasteiger partial charge < -0.3 is 14.2 Å². The van der Waals surface area contributed by atoms with Crippen LogP contribution in [0.25, 0.3) is 0 Å². The Balaban J connectivity index is 4.27. The Hall–Kier alpha value is -2.11. The van der Waals surface area contributed by atoms with E-state index in [4.69, 9.17) is 14.2 Å². The molecule has 0 spiro atoms. The van der Waals surface area contributed by atoms with Crippen LogP contribution in [-0.4, -0.2) is 37.2 Å². The molecule has 6 nitrogen and oxygen atoms in total. The van der Waals surface area contributed by atoms with Crippen LogP contribution in [0.2, 0.25) is 0 Å². The number of allylic oxidation sites excluding steroid dienone is 4. The summed E-state index contributed by atoms with van der Waals surface area (Å²) in [6, 6.07) is 0. The normalized spacial score (nSPS) is 12.1. The number of rotatable bonds is 66. The molecule has 1 atom stereocenters. The maximum Gasteiger partial charge on any atom is 0.306 e. The monoisotopic (exact) mass is 1100 g/mol. The lowest BCUT2D eigenvalue weighted by Crippen LogP contribution is -2.30. The lowest BCUT2D eigenvalue weighted by molar-refractivity contribution is -0.167. The number of hydrogen-bond acceptors (Lipinski definition) is 6. The van der Waals surface area contributed by atoms with Gasteiger partial charge in [-0.3, -0.25) is 14.4 Å². The Labute approximate surface area is 487 Å². The predicted molar refractivity (Wildman–Crippen MR) is 340 cm³/mol. The number of unbranched alkanes of at least 4 members (excludes halogenated alkanes) is 51. The van der Waals surface area contributed by atoms with Gasteiger partial charge in [-0.15, -0.1) is 0 Å². The molecule has 0 amide bonds. The molecular formula is C72H136O6. The summed E-state index contributed by atoms with van der Waals surface area (Å²) in [4.78, 5) is 38.4. The van der Waals surface area contributed by atoms with E-state index in [-0.39, 0.29) is 31.1 Å². The van der Waals surface area contributed by atoms with Crippen molar-refractivity contribution in [1.29, 1.82) is 0 Å². The molecule has 0 N–H and O–H groups in total. The van der Waals surface area contributed by atoms with E-state index in [9.17, 15) is 14.4 Å². The standard InChI is InChI=1S/C72H136O6/c1-4-7-10-13-16-19-22-25-28-30-32-34-36-38-39-41-44-47-50-53-56-59-62-65-71(74)77-68-69(67-76-70(73)64-61-58-55-52-49-46-43-27-24-21-18-15-12-9-6-3)78-72(75)66-63-60-57-54-51-48-45-42-40-37-35-33-31-29-26-23-20-17-14-11-8-5-2/h27,30,32,43,69H,4-26,28-29,31,33-42,44-68H2,1-3H3/b32-30-,43-27-. The highest BCUT2D eigenvalue weighted by Gasteiger charge is 2.19. The van der Waals surface area contributed by atoms with Gasteiger partial charge in [0.1, 0.15) is 13.2 Å². The van der Waals surface area contributed by atoms with Gasteiger partial charge in [0.2, 0.25) is 0 Å². The molecular weight excluding hydrogens is 961 g/mol. The Morgan fingerprint density at radius 3 is 0.641 bits per heavy atom. The molecule has 1 unspecified atom stereocenters. The second-order valence-corrected chi connectivity index (χ2v) is 24.1. The van der Waals surface area contributed by atoms with Gasteiger partial charge in [-0.25, -0.2) is 0 Å². The Bertz CT molecular complexity index is 1260. The zero-order chi connectivity index (χ0) is 56.4. The van der Waals surface area contributed by atoms with Crippen molar-refractivity contribution in [2.24, 2.45) is 0 Å². The van der Waals surface area contributed by atoms with Crippen LogP contribution >= 0.6 is 0 Å². The van der Waals surface area contributed by atoms with Gasteiger partial charge in [0.25, 0.3) is 0 Å². The van der Waals surface area contributed by atoms with E-state index in [0.29, 0.717) is 19.3 Å². The van der Waals surface area contributed by atoms with Crippen LogP contribution in [0.4, 0.5) is 0 Å². The number of ether oxygens (including phenoxy) is 3. The van der Waals surface area contributed by atoms with Crippen molar-refractivity contribution in [1.82, 2.24) is 0 Å². The molecule has 0 aliphatic carbocycles. The van der Waals surface area contributed by atoms with Gasteiger partial charge in [0.15, 0.2) is 6.10 Å². The molecule has 0 saturated heterocycles. The van der Waals surface area contributed by atoms with Crippen LogP contribution in [0, 0.1) is 0 Å². The van der Waals surface area contributed by atoms with E-state index >= 15 is 0 Å². The summed E-state index contributed by atoms with van der Waals surface area (Å²) in [5, 5.41) is 0. The number of carbonyl (C=O) groups is 3. The molecule has 0 saturated carbocycles. The Morgan fingerprint density at radius 1 is 0.244 bits per heavy atom. The molecule has 0 aliphatic heterocycles. The van der Waals surface area contributed by atoms with Gasteiger partial charge in [-0.1, -0.05) is 334 Å². The second kappa shape index (κ2) is 67.4. The summed E-state index contributed by atoms with van der Waals surface area (Å²) in [5.74, 6) is -0.846. The fourth-order valence-corrected chi connectivity index (χ4v) is 10.8. The zero-order valence-corrected chi connectivity index (χ0v) is 53.0. The SMILES string of the molecule is CCCCCCCC/C=C\CCCCCCCC(=O)OCC(COC(=O)CCCCCCCCCCCCC/C=C\CCCCCCCCCC)OC(=O)CCCCCCCCCCCCCCCCCCCCCCCC. The highest BCUT2D eigenvalue weighted by molar-refractivity contribution is 5.71. The van der Waals surface area contributed by atoms with Crippen molar-refractivity contribution in [2.75, 3.05) is 13.2 Å². The van der Waals surface area contributed by atoms with E-state index in [1.807, 2.05) is 0 Å². The van der Waals surface area contributed by atoms with Crippen LogP contribution in [0.1, 0.15) is 400 Å². The molecule has 0 aromatic heterocycles. The third-order valence-corrected chi connectivity index (χ3v) is 16.2. The predicted octanol–water partition coefficient (Wildman–Crippen LogP) is 24.2. The molecule has 0 aliphatic rings. The first-order valence-corrected chi connectivity index (χ1v) is 35.3. The van der Waals surface area contributed by atoms with Crippen LogP contribution < -0.4 is 0 Å². The second-order valence-electron chi connectivity index (χ2n) is 24.1. The zero-order valence-electron chi connectivity index (χ0n) is 53.0. The number of carbonyl (C=O) groups excluding carboxylic acids is 3. The van der Waals surface area contributed by atoms with Crippen LogP contribution in [0.3, 0.4) is 0 Å². The molecule has 0 radical (unpaired) electrons. The largest absolute Gasteiger partial charge is 0.462 e. The van der Waals surface area contributed by atoms with E-state index in [1.165, 1.54) is 295 Å². The molecule has 6 heteroatoms. The maximum absolute atomic E-state index is 13.0. The average Bonchev–Trinajstić information content (AvgIpc) is 3.44. The first-order valence-electron chi connectivity index (χ1n) is 35.3. The maximum atomic E-state index is 13.0. The molecule has 0 heterocycles.